The number of aromatic nitrogens is 3. The van der Waals surface area contributed by atoms with Crippen molar-refractivity contribution in [2.24, 2.45) is 0 Å². The zero-order valence-corrected chi connectivity index (χ0v) is 18.2. The van der Waals surface area contributed by atoms with E-state index in [1.54, 1.807) is 23.3 Å². The molecule has 1 saturated heterocycles. The van der Waals surface area contributed by atoms with Gasteiger partial charge in [0.15, 0.2) is 20.8 Å². The van der Waals surface area contributed by atoms with Crippen molar-refractivity contribution >= 4 is 38.8 Å². The van der Waals surface area contributed by atoms with E-state index in [4.69, 9.17) is 0 Å². The molecule has 3 heterocycles. The second-order valence-corrected chi connectivity index (χ2v) is 10.9. The number of para-hydroxylation sites is 1. The lowest BCUT2D eigenvalue weighted by Crippen LogP contribution is -2.38. The number of carbonyl (C=O) groups is 1. The highest BCUT2D eigenvalue weighted by Crippen LogP contribution is 2.30. The maximum Gasteiger partial charge on any atom is 0.233 e. The Kier molecular flexibility index (Phi) is 5.75. The number of rotatable bonds is 6. The number of hydrogen-bond donors (Lipinski definition) is 0. The quantitative estimate of drug-likeness (QED) is 0.539. The molecule has 152 valence electrons. The van der Waals surface area contributed by atoms with Crippen LogP contribution in [0.5, 0.6) is 0 Å². The summed E-state index contributed by atoms with van der Waals surface area (Å²) in [5.74, 6) is 0.980. The predicted octanol–water partition coefficient (Wildman–Crippen LogP) is 2.73. The molecule has 4 rings (SSSR count). The molecular formula is C19H20N4O3S3. The van der Waals surface area contributed by atoms with Gasteiger partial charge in [0.1, 0.15) is 0 Å². The monoisotopic (exact) mass is 448 g/mol. The summed E-state index contributed by atoms with van der Waals surface area (Å²) in [5.41, 5.74) is 0.922. The Morgan fingerprint density at radius 1 is 1.24 bits per heavy atom. The van der Waals surface area contributed by atoms with Crippen LogP contribution in [0.15, 0.2) is 53.0 Å². The van der Waals surface area contributed by atoms with Crippen LogP contribution >= 0.6 is 23.1 Å². The fourth-order valence-electron chi connectivity index (χ4n) is 3.25. The number of carbonyl (C=O) groups excluding carboxylic acids is 1. The van der Waals surface area contributed by atoms with E-state index >= 15 is 0 Å². The molecule has 0 unspecified atom stereocenters. The Morgan fingerprint density at radius 2 is 2.03 bits per heavy atom. The predicted molar refractivity (Wildman–Crippen MR) is 115 cm³/mol. The smallest absolute Gasteiger partial charge is 0.233 e. The van der Waals surface area contributed by atoms with Crippen molar-refractivity contribution in [1.82, 2.24) is 19.7 Å². The Hall–Kier alpha value is -2.17. The second-order valence-electron chi connectivity index (χ2n) is 6.80. The molecule has 0 N–H and O–H groups in total. The summed E-state index contributed by atoms with van der Waals surface area (Å²) in [5, 5.41) is 11.3. The van der Waals surface area contributed by atoms with Crippen LogP contribution in [-0.4, -0.2) is 64.3 Å². The summed E-state index contributed by atoms with van der Waals surface area (Å²) in [7, 11) is -1.36. The average molecular weight is 449 g/mol. The van der Waals surface area contributed by atoms with Gasteiger partial charge in [0, 0.05) is 18.8 Å². The first-order valence-corrected chi connectivity index (χ1v) is 12.8. The van der Waals surface area contributed by atoms with Crippen LogP contribution in [0.4, 0.5) is 0 Å². The summed E-state index contributed by atoms with van der Waals surface area (Å²) >= 11 is 2.89. The number of amides is 1. The maximum absolute atomic E-state index is 12.7. The van der Waals surface area contributed by atoms with Gasteiger partial charge >= 0.3 is 0 Å². The van der Waals surface area contributed by atoms with Gasteiger partial charge in [-0.2, -0.15) is 0 Å². The molecule has 0 bridgehead atoms. The third-order valence-corrected chi connectivity index (χ3v) is 8.39. The van der Waals surface area contributed by atoms with E-state index in [2.05, 4.69) is 10.2 Å². The lowest BCUT2D eigenvalue weighted by atomic mass is 10.2. The van der Waals surface area contributed by atoms with Gasteiger partial charge in [0.2, 0.25) is 5.91 Å². The van der Waals surface area contributed by atoms with Gasteiger partial charge in [-0.1, -0.05) is 36.0 Å². The number of sulfone groups is 1. The van der Waals surface area contributed by atoms with Gasteiger partial charge < -0.3 is 4.90 Å². The molecular weight excluding hydrogens is 428 g/mol. The molecule has 0 radical (unpaired) electrons. The first-order valence-electron chi connectivity index (χ1n) is 9.08. The third-order valence-electron chi connectivity index (χ3n) is 4.86. The standard InChI is InChI=1S/C19H20N4O3S3/c1-22(15-9-11-29(25,26)13-15)17(24)12-28-19-21-20-18(16-8-5-10-27-16)23(19)14-6-3-2-4-7-14/h2-8,10,15H,9,11-13H2,1H3/t15-/m1/s1. The topological polar surface area (TPSA) is 85.2 Å². The molecule has 2 aromatic heterocycles. The maximum atomic E-state index is 12.7. The summed E-state index contributed by atoms with van der Waals surface area (Å²) < 4.78 is 25.3. The van der Waals surface area contributed by atoms with Gasteiger partial charge in [-0.05, 0) is 30.0 Å². The van der Waals surface area contributed by atoms with Crippen molar-refractivity contribution in [3.05, 3.63) is 47.8 Å². The van der Waals surface area contributed by atoms with Gasteiger partial charge in [-0.3, -0.25) is 9.36 Å². The molecule has 1 aliphatic rings. The third kappa shape index (κ3) is 4.39. The van der Waals surface area contributed by atoms with Crippen LogP contribution in [-0.2, 0) is 14.6 Å². The Balaban J connectivity index is 1.54. The van der Waals surface area contributed by atoms with Crippen LogP contribution in [0.1, 0.15) is 6.42 Å². The number of benzene rings is 1. The zero-order chi connectivity index (χ0) is 20.4. The van der Waals surface area contributed by atoms with Crippen molar-refractivity contribution in [2.75, 3.05) is 24.3 Å². The number of thioether (sulfide) groups is 1. The van der Waals surface area contributed by atoms with Crippen molar-refractivity contribution < 1.29 is 13.2 Å². The molecule has 7 nitrogen and oxygen atoms in total. The van der Waals surface area contributed by atoms with Crippen LogP contribution in [0, 0.1) is 0 Å². The normalized spacial score (nSPS) is 18.0. The van der Waals surface area contributed by atoms with E-state index < -0.39 is 9.84 Å². The molecule has 1 fully saturated rings. The van der Waals surface area contributed by atoms with Crippen LogP contribution in [0.2, 0.25) is 0 Å². The lowest BCUT2D eigenvalue weighted by molar-refractivity contribution is -0.128. The van der Waals surface area contributed by atoms with E-state index in [0.29, 0.717) is 11.6 Å². The highest BCUT2D eigenvalue weighted by Gasteiger charge is 2.32. The first-order chi connectivity index (χ1) is 13.9. The summed E-state index contributed by atoms with van der Waals surface area (Å²) in [6, 6.07) is 13.5. The van der Waals surface area contributed by atoms with Crippen molar-refractivity contribution in [3.63, 3.8) is 0 Å². The van der Waals surface area contributed by atoms with Gasteiger partial charge in [-0.25, -0.2) is 8.42 Å². The zero-order valence-electron chi connectivity index (χ0n) is 15.8. The molecule has 0 aliphatic carbocycles. The molecule has 29 heavy (non-hydrogen) atoms. The molecule has 1 aliphatic heterocycles. The second kappa shape index (κ2) is 8.29. The minimum Gasteiger partial charge on any atom is -0.341 e. The summed E-state index contributed by atoms with van der Waals surface area (Å²) in [6.45, 7) is 0. The largest absolute Gasteiger partial charge is 0.341 e. The van der Waals surface area contributed by atoms with Crippen LogP contribution in [0.25, 0.3) is 16.4 Å². The van der Waals surface area contributed by atoms with E-state index in [0.717, 1.165) is 16.4 Å². The molecule has 1 atom stereocenters. The molecule has 10 heteroatoms. The van der Waals surface area contributed by atoms with E-state index in [9.17, 15) is 13.2 Å². The van der Waals surface area contributed by atoms with E-state index in [-0.39, 0.29) is 29.2 Å². The Labute approximate surface area is 177 Å². The lowest BCUT2D eigenvalue weighted by Gasteiger charge is -2.23. The minimum atomic E-state index is -3.03. The van der Waals surface area contributed by atoms with Crippen LogP contribution < -0.4 is 0 Å². The van der Waals surface area contributed by atoms with Gasteiger partial charge in [0.05, 0.1) is 22.1 Å². The molecule has 1 amide bonds. The molecule has 3 aromatic rings. The highest BCUT2D eigenvalue weighted by atomic mass is 32.2. The first kappa shape index (κ1) is 20.1. The molecule has 0 saturated carbocycles. The fourth-order valence-corrected chi connectivity index (χ4v) is 6.60. The fraction of sp³-hybridized carbons (Fsp3) is 0.316. The van der Waals surface area contributed by atoms with Crippen molar-refractivity contribution in [2.45, 2.75) is 17.6 Å². The Morgan fingerprint density at radius 3 is 2.69 bits per heavy atom. The molecule has 0 spiro atoms. The van der Waals surface area contributed by atoms with E-state index in [1.165, 1.54) is 11.8 Å². The molecule has 1 aromatic carbocycles. The van der Waals surface area contributed by atoms with E-state index in [1.807, 2.05) is 52.4 Å². The van der Waals surface area contributed by atoms with Crippen LogP contribution in [0.3, 0.4) is 0 Å². The SMILES string of the molecule is CN(C(=O)CSc1nnc(-c2cccs2)n1-c1ccccc1)[C@@H]1CCS(=O)(=O)C1. The highest BCUT2D eigenvalue weighted by molar-refractivity contribution is 7.99. The van der Waals surface area contributed by atoms with Gasteiger partial charge in [0.25, 0.3) is 0 Å². The van der Waals surface area contributed by atoms with Crippen molar-refractivity contribution in [1.29, 1.82) is 0 Å². The van der Waals surface area contributed by atoms with Crippen molar-refractivity contribution in [3.8, 4) is 16.4 Å². The minimum absolute atomic E-state index is 0.0443. The van der Waals surface area contributed by atoms with Gasteiger partial charge in [-0.15, -0.1) is 21.5 Å². The Bertz CT molecular complexity index is 1100. The number of nitrogens with zero attached hydrogens (tertiary/aromatic N) is 4. The number of thiophene rings is 1. The summed E-state index contributed by atoms with van der Waals surface area (Å²) in [6.07, 6.45) is 0.498. The average Bonchev–Trinajstić information content (AvgIpc) is 3.45. The summed E-state index contributed by atoms with van der Waals surface area (Å²) in [4.78, 5) is 15.2. The number of hydrogen-bond acceptors (Lipinski definition) is 7.